The number of ether oxygens (including phenoxy) is 4. The molecule has 1 aromatic heterocycles. The molecule has 46 heteroatoms. The van der Waals surface area contributed by atoms with Crippen molar-refractivity contribution in [2.45, 2.75) is 61.4 Å². The highest BCUT2D eigenvalue weighted by molar-refractivity contribution is 7.82. The van der Waals surface area contributed by atoms with Gasteiger partial charge in [0.05, 0.1) is 24.0 Å². The van der Waals surface area contributed by atoms with E-state index in [0.29, 0.717) is 0 Å². The number of hydrogen-bond donors (Lipinski definition) is 8. The molecule has 71 heavy (non-hydrogen) atoms. The molecule has 0 spiro atoms. The fraction of sp³-hybridized carbons (Fsp3) is 0.480. The van der Waals surface area contributed by atoms with E-state index in [1.54, 1.807) is 0 Å². The van der Waals surface area contributed by atoms with Gasteiger partial charge in [-0.1, -0.05) is 0 Å². The standard InChI is InChI=1S/C25H28O38S8/c26-17-11-3-1-9(53-24-22(62-70(45,46)47)20(60-68(39,40)41)18(58-66(33,34)35)15(56-24)7-51-64(27,28)29)5-13(11)55-14-6-10(2-4-12(14)17)54-25-23(63-71(48,49)50)21(61-69(42,43)44)19(59-67(36,37)38)16(57-25)8-52-65(30,31)32/h1-6,15-16,18-25H,7-8H2,(H,27,28,29)(H,30,31,32)(H,33,34,35)(H,36,37,38)(H,39,40,41)(H,42,43,44)(H,45,46,47)(H,48,49,50)/t15-,16+,18-,19+,20+,21-,22-,23+,24-,25-/m0/s1. The maximum Gasteiger partial charge on any atom is 0.397 e. The lowest BCUT2D eigenvalue weighted by molar-refractivity contribution is -0.260. The van der Waals surface area contributed by atoms with E-state index >= 15 is 0 Å². The molecule has 38 nitrogen and oxygen atoms in total. The topological polar surface area (TPSA) is 576 Å². The van der Waals surface area contributed by atoms with Gasteiger partial charge in [0, 0.05) is 12.1 Å². The van der Waals surface area contributed by atoms with Gasteiger partial charge in [-0.3, -0.25) is 41.2 Å². The summed E-state index contributed by atoms with van der Waals surface area (Å²) in [4.78, 5) is 13.6. The van der Waals surface area contributed by atoms with Gasteiger partial charge in [-0.2, -0.15) is 67.3 Å². The average molecular weight is 1190 g/mol. The first kappa shape index (κ1) is 58.3. The van der Waals surface area contributed by atoms with Crippen molar-refractivity contribution in [1.82, 2.24) is 0 Å². The van der Waals surface area contributed by atoms with Gasteiger partial charge in [0.1, 0.15) is 59.3 Å². The summed E-state index contributed by atoms with van der Waals surface area (Å²) in [5, 5.41) is -0.757. The van der Waals surface area contributed by atoms with Crippen LogP contribution in [0, 0.1) is 0 Å². The minimum absolute atomic E-state index is 0.378. The van der Waals surface area contributed by atoms with Gasteiger partial charge < -0.3 is 23.4 Å². The number of rotatable bonds is 22. The molecule has 5 rings (SSSR count). The third kappa shape index (κ3) is 17.8. The van der Waals surface area contributed by atoms with Gasteiger partial charge in [0.15, 0.2) is 12.2 Å². The lowest BCUT2D eigenvalue weighted by atomic mass is 9.99. The Bertz CT molecular complexity index is 3260. The summed E-state index contributed by atoms with van der Waals surface area (Å²) < 4.78 is 323. The molecule has 0 unspecified atom stereocenters. The van der Waals surface area contributed by atoms with E-state index in [2.05, 4.69) is 33.5 Å². The van der Waals surface area contributed by atoms with Crippen molar-refractivity contribution in [2.75, 3.05) is 13.2 Å². The number of fused-ring (bicyclic) bond motifs is 2. The monoisotopic (exact) mass is 1190 g/mol. The highest BCUT2D eigenvalue weighted by Crippen LogP contribution is 2.36. The second-order valence-electron chi connectivity index (χ2n) is 13.4. The molecule has 0 amide bonds. The van der Waals surface area contributed by atoms with Gasteiger partial charge >= 0.3 is 83.2 Å². The Morgan fingerprint density at radius 3 is 0.958 bits per heavy atom. The van der Waals surface area contributed by atoms with Crippen LogP contribution < -0.4 is 14.9 Å². The van der Waals surface area contributed by atoms with Crippen LogP contribution in [0.2, 0.25) is 0 Å². The lowest BCUT2D eigenvalue weighted by Crippen LogP contribution is -2.63. The van der Waals surface area contributed by atoms with Crippen LogP contribution >= 0.6 is 0 Å². The normalized spacial score (nSPS) is 26.6. The summed E-state index contributed by atoms with van der Waals surface area (Å²) in [7, 11) is -46.4. The average Bonchev–Trinajstić information content (AvgIpc) is 3.14. The summed E-state index contributed by atoms with van der Waals surface area (Å²) in [6, 6.07) is 4.96. The molecule has 0 aliphatic carbocycles. The Morgan fingerprint density at radius 2 is 0.676 bits per heavy atom. The molecule has 0 radical (unpaired) electrons. The Kier molecular flexibility index (Phi) is 17.2. The largest absolute Gasteiger partial charge is 0.462 e. The van der Waals surface area contributed by atoms with Crippen molar-refractivity contribution in [1.29, 1.82) is 0 Å². The van der Waals surface area contributed by atoms with Crippen molar-refractivity contribution in [3.63, 3.8) is 0 Å². The van der Waals surface area contributed by atoms with Crippen molar-refractivity contribution in [3.8, 4) is 11.5 Å². The molecule has 8 N–H and O–H groups in total. The van der Waals surface area contributed by atoms with Gasteiger partial charge in [-0.05, 0) is 24.3 Å². The van der Waals surface area contributed by atoms with Crippen LogP contribution in [0.1, 0.15) is 0 Å². The lowest BCUT2D eigenvalue weighted by Gasteiger charge is -2.42. The Morgan fingerprint density at radius 1 is 0.394 bits per heavy atom. The van der Waals surface area contributed by atoms with Gasteiger partial charge in [-0.15, -0.1) is 0 Å². The highest BCUT2D eigenvalue weighted by atomic mass is 32.3. The van der Waals surface area contributed by atoms with E-state index in [9.17, 15) is 99.5 Å². The summed E-state index contributed by atoms with van der Waals surface area (Å²) in [5.74, 6) is -1.41. The molecular weight excluding hydrogens is 1160 g/mol. The zero-order chi connectivity index (χ0) is 53.7. The molecule has 10 atom stereocenters. The molecule has 2 aromatic carbocycles. The summed E-state index contributed by atoms with van der Waals surface area (Å²) >= 11 is 0. The highest BCUT2D eigenvalue weighted by Gasteiger charge is 2.56. The maximum absolute atomic E-state index is 13.6. The smallest absolute Gasteiger partial charge is 0.397 e. The summed E-state index contributed by atoms with van der Waals surface area (Å²) in [5.41, 5.74) is -2.15. The fourth-order valence-electron chi connectivity index (χ4n) is 6.25. The molecule has 0 bridgehead atoms. The quantitative estimate of drug-likeness (QED) is 0.0350. The van der Waals surface area contributed by atoms with Crippen LogP contribution in [-0.2, 0) is 126 Å². The van der Waals surface area contributed by atoms with Crippen molar-refractivity contribution in [3.05, 3.63) is 46.6 Å². The van der Waals surface area contributed by atoms with Crippen LogP contribution in [0.5, 0.6) is 11.5 Å². The van der Waals surface area contributed by atoms with Crippen molar-refractivity contribution >= 4 is 105 Å². The second kappa shape index (κ2) is 21.0. The van der Waals surface area contributed by atoms with Gasteiger partial charge in [0.2, 0.25) is 18.0 Å². The fourth-order valence-corrected chi connectivity index (χ4v) is 9.85. The number of hydrogen-bond acceptors (Lipinski definition) is 30. The van der Waals surface area contributed by atoms with Crippen LogP contribution in [-0.4, -0.2) is 178 Å². The molecule has 2 saturated heterocycles. The van der Waals surface area contributed by atoms with E-state index in [0.717, 1.165) is 36.4 Å². The third-order valence-corrected chi connectivity index (χ3v) is 12.1. The first-order valence-corrected chi connectivity index (χ1v) is 28.3. The molecule has 404 valence electrons. The second-order valence-corrected chi connectivity index (χ2v) is 21.9. The minimum Gasteiger partial charge on any atom is -0.462 e. The Balaban J connectivity index is 1.60. The summed E-state index contributed by atoms with van der Waals surface area (Å²) in [6.07, 6.45) is -27.9. The van der Waals surface area contributed by atoms with E-state index < -0.39 is 186 Å². The zero-order valence-corrected chi connectivity index (χ0v) is 39.8. The molecule has 0 saturated carbocycles. The maximum atomic E-state index is 13.6. The van der Waals surface area contributed by atoms with Crippen LogP contribution in [0.4, 0.5) is 0 Å². The molecule has 3 aromatic rings. The predicted molar refractivity (Wildman–Crippen MR) is 212 cm³/mol. The van der Waals surface area contributed by atoms with E-state index in [1.807, 2.05) is 0 Å². The molecule has 2 aliphatic rings. The van der Waals surface area contributed by atoms with E-state index in [1.165, 1.54) is 0 Å². The van der Waals surface area contributed by atoms with Crippen LogP contribution in [0.15, 0.2) is 45.6 Å². The molecular formula is C25H28O38S8. The van der Waals surface area contributed by atoms with Gasteiger partial charge in [-0.25, -0.2) is 33.5 Å². The minimum atomic E-state index is -5.93. The van der Waals surface area contributed by atoms with E-state index in [-0.39, 0.29) is 10.8 Å². The van der Waals surface area contributed by atoms with E-state index in [4.69, 9.17) is 32.5 Å². The first-order valence-electron chi connectivity index (χ1n) is 17.3. The molecule has 3 heterocycles. The van der Waals surface area contributed by atoms with Crippen molar-refractivity contribution < 1.29 is 161 Å². The van der Waals surface area contributed by atoms with Crippen LogP contribution in [0.3, 0.4) is 0 Å². The predicted octanol–water partition coefficient (Wildman–Crippen LogP) is -4.08. The van der Waals surface area contributed by atoms with Crippen LogP contribution in [0.25, 0.3) is 21.9 Å². The third-order valence-electron chi connectivity index (χ3n) is 8.46. The summed E-state index contributed by atoms with van der Waals surface area (Å²) in [6.45, 7) is -3.29. The van der Waals surface area contributed by atoms with Gasteiger partial charge in [0.25, 0.3) is 0 Å². The molecule has 2 aliphatic heterocycles. The Hall–Kier alpha value is -3.61. The molecule has 2 fully saturated rings. The SMILES string of the molecule is O=c1c2ccc(O[C@H]3O[C@@H](COS(=O)(=O)O)[C@H](OS(=O)(=O)O)[C@@H](OS(=O)(=O)O)[C@@H]3OS(=O)(=O)O)cc2oc2cc(O[C@H]3O[C@H](COS(=O)(=O)O)[C@@H](OS(=O)(=O)O)[C@H](OS(=O)(=O)O)[C@H]3OS(=O)(=O)O)ccc12. The van der Waals surface area contributed by atoms with Crippen molar-refractivity contribution in [2.24, 2.45) is 0 Å². The Labute approximate surface area is 396 Å². The zero-order valence-electron chi connectivity index (χ0n) is 33.2. The first-order chi connectivity index (χ1) is 32.0. The number of benzene rings is 2.